The summed E-state index contributed by atoms with van der Waals surface area (Å²) in [6.45, 7) is 3.65. The van der Waals surface area contributed by atoms with Gasteiger partial charge in [0.1, 0.15) is 0 Å². The zero-order valence-electron chi connectivity index (χ0n) is 16.1. The number of aryl methyl sites for hydroxylation is 1. The summed E-state index contributed by atoms with van der Waals surface area (Å²) in [6.07, 6.45) is 0.606. The fourth-order valence-electron chi connectivity index (χ4n) is 3.51. The first kappa shape index (κ1) is 20.1. The highest BCUT2D eigenvalue weighted by Gasteiger charge is 2.31. The first-order valence-electron chi connectivity index (χ1n) is 8.94. The number of amides is 1. The number of nitrogens with zero attached hydrogens (tertiary/aromatic N) is 2. The van der Waals surface area contributed by atoms with Crippen molar-refractivity contribution < 1.29 is 22.7 Å². The van der Waals surface area contributed by atoms with Crippen molar-refractivity contribution in [3.8, 4) is 0 Å². The minimum absolute atomic E-state index is 0.0760. The molecule has 1 N–H and O–H groups in total. The average Bonchev–Trinajstić information content (AvgIpc) is 3.15. The molecule has 1 amide bonds. The largest absolute Gasteiger partial charge is 0.465 e. The van der Waals surface area contributed by atoms with E-state index in [1.807, 2.05) is 6.92 Å². The molecule has 1 aliphatic heterocycles. The standard InChI is InChI=1S/C19H23N3O5S/c1-12-16(13(2)22(21-12)14-8-9-28(25,26)11-14)10-18(23)20-17-7-5-4-6-15(17)19(24)27-3/h4-7,14H,8-11H2,1-3H3,(H,20,23). The third-order valence-corrected chi connectivity index (χ3v) is 6.72. The summed E-state index contributed by atoms with van der Waals surface area (Å²) in [6, 6.07) is 6.43. The van der Waals surface area contributed by atoms with Crippen molar-refractivity contribution in [2.45, 2.75) is 32.7 Å². The van der Waals surface area contributed by atoms with Crippen LogP contribution in [0.4, 0.5) is 5.69 Å². The number of carbonyl (C=O) groups is 2. The van der Waals surface area contributed by atoms with Crippen molar-refractivity contribution in [1.82, 2.24) is 9.78 Å². The maximum Gasteiger partial charge on any atom is 0.339 e. The van der Waals surface area contributed by atoms with E-state index in [1.54, 1.807) is 35.9 Å². The molecule has 0 bridgehead atoms. The summed E-state index contributed by atoms with van der Waals surface area (Å²) in [4.78, 5) is 24.4. The van der Waals surface area contributed by atoms with Gasteiger partial charge in [-0.2, -0.15) is 5.10 Å². The first-order chi connectivity index (χ1) is 13.2. The van der Waals surface area contributed by atoms with Crippen molar-refractivity contribution in [3.63, 3.8) is 0 Å². The first-order valence-corrected chi connectivity index (χ1v) is 10.8. The Morgan fingerprint density at radius 1 is 1.29 bits per heavy atom. The number of aromatic nitrogens is 2. The van der Waals surface area contributed by atoms with Gasteiger partial charge in [0.15, 0.2) is 9.84 Å². The summed E-state index contributed by atoms with van der Waals surface area (Å²) in [5.74, 6) is -0.580. The molecule has 1 saturated heterocycles. The van der Waals surface area contributed by atoms with Crippen LogP contribution in [0.15, 0.2) is 24.3 Å². The van der Waals surface area contributed by atoms with E-state index < -0.39 is 15.8 Å². The number of benzene rings is 1. The Morgan fingerprint density at radius 2 is 2.00 bits per heavy atom. The highest BCUT2D eigenvalue weighted by Crippen LogP contribution is 2.27. The lowest BCUT2D eigenvalue weighted by atomic mass is 10.1. The Kier molecular flexibility index (Phi) is 5.55. The lowest BCUT2D eigenvalue weighted by Crippen LogP contribution is -2.18. The Morgan fingerprint density at radius 3 is 2.64 bits per heavy atom. The van der Waals surface area contributed by atoms with E-state index in [2.05, 4.69) is 10.4 Å². The van der Waals surface area contributed by atoms with E-state index in [0.717, 1.165) is 11.3 Å². The van der Waals surface area contributed by atoms with Crippen LogP contribution in [0.5, 0.6) is 0 Å². The van der Waals surface area contributed by atoms with E-state index in [9.17, 15) is 18.0 Å². The average molecular weight is 405 g/mol. The smallest absolute Gasteiger partial charge is 0.339 e. The van der Waals surface area contributed by atoms with Crippen LogP contribution in [-0.2, 0) is 25.8 Å². The summed E-state index contributed by atoms with van der Waals surface area (Å²) < 4.78 is 30.0. The molecule has 2 aromatic rings. The van der Waals surface area contributed by atoms with Crippen LogP contribution in [0, 0.1) is 13.8 Å². The number of carbonyl (C=O) groups excluding carboxylic acids is 2. The summed E-state index contributed by atoms with van der Waals surface area (Å²) in [5.41, 5.74) is 2.90. The number of rotatable bonds is 5. The van der Waals surface area contributed by atoms with Gasteiger partial charge in [0.05, 0.1) is 48.0 Å². The molecule has 1 aromatic carbocycles. The Bertz CT molecular complexity index is 1030. The molecule has 0 radical (unpaired) electrons. The van der Waals surface area contributed by atoms with E-state index in [-0.39, 0.29) is 35.4 Å². The highest BCUT2D eigenvalue weighted by molar-refractivity contribution is 7.91. The minimum atomic E-state index is -3.03. The van der Waals surface area contributed by atoms with E-state index in [1.165, 1.54) is 7.11 Å². The molecule has 1 unspecified atom stereocenters. The van der Waals surface area contributed by atoms with Gasteiger partial charge in [0.25, 0.3) is 0 Å². The molecule has 28 heavy (non-hydrogen) atoms. The minimum Gasteiger partial charge on any atom is -0.465 e. The molecule has 1 aliphatic rings. The third kappa shape index (κ3) is 4.09. The second-order valence-corrected chi connectivity index (χ2v) is 9.14. The molecule has 0 aliphatic carbocycles. The molecule has 9 heteroatoms. The van der Waals surface area contributed by atoms with Gasteiger partial charge in [-0.3, -0.25) is 9.48 Å². The van der Waals surface area contributed by atoms with Crippen molar-refractivity contribution in [1.29, 1.82) is 0 Å². The number of para-hydroxylation sites is 1. The number of esters is 1. The van der Waals surface area contributed by atoms with Gasteiger partial charge in [-0.05, 0) is 32.4 Å². The van der Waals surface area contributed by atoms with Crippen LogP contribution < -0.4 is 5.32 Å². The molecule has 0 spiro atoms. The maximum absolute atomic E-state index is 12.6. The maximum atomic E-state index is 12.6. The van der Waals surface area contributed by atoms with Crippen LogP contribution in [0.1, 0.15) is 39.8 Å². The summed E-state index contributed by atoms with van der Waals surface area (Å²) in [5, 5.41) is 7.22. The molecule has 1 fully saturated rings. The highest BCUT2D eigenvalue weighted by atomic mass is 32.2. The van der Waals surface area contributed by atoms with Crippen LogP contribution >= 0.6 is 0 Å². The fourth-order valence-corrected chi connectivity index (χ4v) is 5.20. The molecule has 1 atom stereocenters. The van der Waals surface area contributed by atoms with Gasteiger partial charge >= 0.3 is 5.97 Å². The topological polar surface area (TPSA) is 107 Å². The zero-order valence-corrected chi connectivity index (χ0v) is 16.9. The zero-order chi connectivity index (χ0) is 20.5. The number of hydrogen-bond donors (Lipinski definition) is 1. The molecular weight excluding hydrogens is 382 g/mol. The van der Waals surface area contributed by atoms with Gasteiger partial charge in [0, 0.05) is 11.3 Å². The second-order valence-electron chi connectivity index (χ2n) is 6.91. The number of hydrogen-bond acceptors (Lipinski definition) is 6. The normalized spacial score (nSPS) is 18.0. The van der Waals surface area contributed by atoms with Gasteiger partial charge in [-0.15, -0.1) is 0 Å². The number of ether oxygens (including phenoxy) is 1. The molecule has 8 nitrogen and oxygen atoms in total. The monoisotopic (exact) mass is 405 g/mol. The number of nitrogens with one attached hydrogen (secondary N) is 1. The lowest BCUT2D eigenvalue weighted by Gasteiger charge is -2.12. The molecular formula is C19H23N3O5S. The lowest BCUT2D eigenvalue weighted by molar-refractivity contribution is -0.115. The van der Waals surface area contributed by atoms with Crippen molar-refractivity contribution >= 4 is 27.4 Å². The summed E-state index contributed by atoms with van der Waals surface area (Å²) in [7, 11) is -1.74. The van der Waals surface area contributed by atoms with Crippen molar-refractivity contribution in [2.75, 3.05) is 23.9 Å². The molecule has 150 valence electrons. The number of anilines is 1. The SMILES string of the molecule is COC(=O)c1ccccc1NC(=O)Cc1c(C)nn(C2CCS(=O)(=O)C2)c1C. The van der Waals surface area contributed by atoms with Gasteiger partial charge in [-0.1, -0.05) is 12.1 Å². The molecule has 0 saturated carbocycles. The van der Waals surface area contributed by atoms with Crippen LogP contribution in [0.25, 0.3) is 0 Å². The van der Waals surface area contributed by atoms with Crippen LogP contribution in [-0.4, -0.2) is 48.7 Å². The summed E-state index contributed by atoms with van der Waals surface area (Å²) >= 11 is 0. The second kappa shape index (κ2) is 7.75. The third-order valence-electron chi connectivity index (χ3n) is 4.97. The van der Waals surface area contributed by atoms with E-state index >= 15 is 0 Å². The van der Waals surface area contributed by atoms with Gasteiger partial charge < -0.3 is 10.1 Å². The predicted molar refractivity (Wildman–Crippen MR) is 104 cm³/mol. The van der Waals surface area contributed by atoms with Crippen molar-refractivity contribution in [2.24, 2.45) is 0 Å². The van der Waals surface area contributed by atoms with Crippen molar-refractivity contribution in [3.05, 3.63) is 46.8 Å². The van der Waals surface area contributed by atoms with E-state index in [0.29, 0.717) is 17.8 Å². The Balaban J connectivity index is 1.78. The number of sulfone groups is 1. The molecule has 3 rings (SSSR count). The Hall–Kier alpha value is -2.68. The molecule has 2 heterocycles. The van der Waals surface area contributed by atoms with Gasteiger partial charge in [-0.25, -0.2) is 13.2 Å². The van der Waals surface area contributed by atoms with E-state index in [4.69, 9.17) is 4.74 Å². The quantitative estimate of drug-likeness (QED) is 0.761. The van der Waals surface area contributed by atoms with Gasteiger partial charge in [0.2, 0.25) is 5.91 Å². The molecule has 1 aromatic heterocycles. The Labute approximate surface area is 163 Å². The fraction of sp³-hybridized carbons (Fsp3) is 0.421. The number of methoxy groups -OCH3 is 1. The van der Waals surface area contributed by atoms with Crippen LogP contribution in [0.2, 0.25) is 0 Å². The predicted octanol–water partition coefficient (Wildman–Crippen LogP) is 1.83. The van der Waals surface area contributed by atoms with Crippen LogP contribution in [0.3, 0.4) is 0 Å².